The van der Waals surface area contributed by atoms with E-state index in [9.17, 15) is 14.4 Å². The second kappa shape index (κ2) is 5.13. The van der Waals surface area contributed by atoms with Crippen molar-refractivity contribution < 1.29 is 9.53 Å². The van der Waals surface area contributed by atoms with Crippen LogP contribution < -0.4 is 11.2 Å². The molecule has 1 aromatic heterocycles. The fourth-order valence-corrected chi connectivity index (χ4v) is 2.53. The maximum atomic E-state index is 12.4. The molecule has 1 aliphatic heterocycles. The smallest absolute Gasteiger partial charge is 0.330 e. The van der Waals surface area contributed by atoms with Crippen LogP contribution in [0.25, 0.3) is 0 Å². The maximum absolute atomic E-state index is 12.4. The zero-order chi connectivity index (χ0) is 14.2. The second-order valence-corrected chi connectivity index (χ2v) is 4.88. The number of rotatable bonds is 3. The first kappa shape index (κ1) is 13.7. The van der Waals surface area contributed by atoms with E-state index < -0.39 is 11.2 Å². The van der Waals surface area contributed by atoms with Crippen LogP contribution in [0.5, 0.6) is 0 Å². The van der Waals surface area contributed by atoms with Crippen molar-refractivity contribution in [3.05, 3.63) is 32.6 Å². The van der Waals surface area contributed by atoms with Crippen LogP contribution in [0.15, 0.2) is 15.8 Å². The monoisotopic (exact) mass is 266 g/mol. The van der Waals surface area contributed by atoms with Crippen molar-refractivity contribution in [3.63, 3.8) is 0 Å². The number of nitrogens with zero attached hydrogens (tertiary/aromatic N) is 2. The minimum absolute atomic E-state index is 0.0681. The second-order valence-electron chi connectivity index (χ2n) is 4.88. The lowest BCUT2D eigenvalue weighted by atomic mass is 9.91. The third-order valence-electron chi connectivity index (χ3n) is 3.66. The minimum atomic E-state index is -0.533. The molecule has 0 aromatic carbocycles. The van der Waals surface area contributed by atoms with Gasteiger partial charge in [-0.15, -0.1) is 0 Å². The average Bonchev–Trinajstić information content (AvgIpc) is 2.88. The molecule has 0 saturated carbocycles. The summed E-state index contributed by atoms with van der Waals surface area (Å²) in [5.41, 5.74) is -0.898. The van der Waals surface area contributed by atoms with Crippen molar-refractivity contribution in [2.45, 2.75) is 25.9 Å². The summed E-state index contributed by atoms with van der Waals surface area (Å²) in [7, 11) is 2.91. The topological polar surface area (TPSA) is 70.3 Å². The number of ether oxygens (including phenoxy) is 1. The van der Waals surface area contributed by atoms with E-state index in [2.05, 4.69) is 0 Å². The summed E-state index contributed by atoms with van der Waals surface area (Å²) < 4.78 is 7.70. The zero-order valence-electron chi connectivity index (χ0n) is 11.4. The lowest BCUT2D eigenvalue weighted by Crippen LogP contribution is -2.41. The Kier molecular flexibility index (Phi) is 3.71. The minimum Gasteiger partial charge on any atom is -0.377 e. The normalized spacial score (nSPS) is 22.7. The number of carbonyl (C=O) groups excluding carboxylic acids is 1. The number of ketones is 1. The Morgan fingerprint density at radius 1 is 1.42 bits per heavy atom. The van der Waals surface area contributed by atoms with Gasteiger partial charge in [-0.1, -0.05) is 6.92 Å². The lowest BCUT2D eigenvalue weighted by Gasteiger charge is -2.15. The summed E-state index contributed by atoms with van der Waals surface area (Å²) in [5, 5.41) is 0. The highest BCUT2D eigenvalue weighted by atomic mass is 16.5. The molecule has 1 aliphatic rings. The highest BCUT2D eigenvalue weighted by Gasteiger charge is 2.34. The van der Waals surface area contributed by atoms with Crippen LogP contribution in [0.1, 0.15) is 30.1 Å². The predicted molar refractivity (Wildman–Crippen MR) is 69.4 cm³/mol. The molecule has 2 rings (SSSR count). The number of Topliss-reactive ketones (excluding diaryl/α,β-unsaturated/α-hetero) is 1. The van der Waals surface area contributed by atoms with Gasteiger partial charge in [-0.2, -0.15) is 0 Å². The molecule has 2 unspecified atom stereocenters. The molecule has 0 radical (unpaired) electrons. The van der Waals surface area contributed by atoms with Crippen molar-refractivity contribution in [1.29, 1.82) is 0 Å². The highest BCUT2D eigenvalue weighted by molar-refractivity contribution is 5.97. The predicted octanol–water partition coefficient (Wildman–Crippen LogP) is 0.0818. The molecular formula is C13H18N2O4. The standard InChI is InChI=1S/C13H18N2O4/c1-4-10-8(5-6-19-10)11(16)9-7-14(2)13(18)15(3)12(9)17/h7-8,10H,4-6H2,1-3H3. The Labute approximate surface area is 110 Å². The maximum Gasteiger partial charge on any atom is 0.330 e. The van der Waals surface area contributed by atoms with Gasteiger partial charge in [0, 0.05) is 26.9 Å². The third-order valence-corrected chi connectivity index (χ3v) is 3.66. The lowest BCUT2D eigenvalue weighted by molar-refractivity contribution is 0.0687. The number of hydrogen-bond acceptors (Lipinski definition) is 4. The first-order chi connectivity index (χ1) is 8.97. The molecule has 6 heteroatoms. The number of aromatic nitrogens is 2. The molecule has 104 valence electrons. The molecule has 1 fully saturated rings. The Bertz CT molecular complexity index is 614. The van der Waals surface area contributed by atoms with Crippen LogP contribution >= 0.6 is 0 Å². The van der Waals surface area contributed by atoms with Crippen LogP contribution in [0.2, 0.25) is 0 Å². The van der Waals surface area contributed by atoms with Gasteiger partial charge in [-0.05, 0) is 12.8 Å². The summed E-state index contributed by atoms with van der Waals surface area (Å²) in [6.45, 7) is 2.50. The van der Waals surface area contributed by atoms with Gasteiger partial charge in [0.05, 0.1) is 17.6 Å². The quantitative estimate of drug-likeness (QED) is 0.727. The van der Waals surface area contributed by atoms with Crippen LogP contribution in [-0.2, 0) is 18.8 Å². The molecule has 2 atom stereocenters. The van der Waals surface area contributed by atoms with Crippen molar-refractivity contribution in [2.75, 3.05) is 6.61 Å². The fraction of sp³-hybridized carbons (Fsp3) is 0.615. The van der Waals surface area contributed by atoms with E-state index in [1.807, 2.05) is 6.92 Å². The van der Waals surface area contributed by atoms with E-state index in [-0.39, 0.29) is 23.4 Å². The van der Waals surface area contributed by atoms with Crippen molar-refractivity contribution in [2.24, 2.45) is 20.0 Å². The van der Waals surface area contributed by atoms with E-state index in [1.165, 1.54) is 24.9 Å². The van der Waals surface area contributed by atoms with Gasteiger partial charge in [-0.3, -0.25) is 14.2 Å². The molecule has 0 spiro atoms. The molecular weight excluding hydrogens is 248 g/mol. The van der Waals surface area contributed by atoms with Crippen LogP contribution in [0, 0.1) is 5.92 Å². The first-order valence-corrected chi connectivity index (χ1v) is 6.39. The van der Waals surface area contributed by atoms with Crippen LogP contribution in [-0.4, -0.2) is 27.6 Å². The first-order valence-electron chi connectivity index (χ1n) is 6.39. The van der Waals surface area contributed by atoms with Gasteiger partial charge in [-0.25, -0.2) is 4.79 Å². The number of carbonyl (C=O) groups is 1. The molecule has 0 amide bonds. The third kappa shape index (κ3) is 2.28. The molecule has 0 N–H and O–H groups in total. The van der Waals surface area contributed by atoms with E-state index in [1.54, 1.807) is 0 Å². The Balaban J connectivity index is 2.45. The number of aryl methyl sites for hydroxylation is 1. The summed E-state index contributed by atoms with van der Waals surface area (Å²) in [5.74, 6) is -0.504. The van der Waals surface area contributed by atoms with Crippen LogP contribution in [0.4, 0.5) is 0 Å². The van der Waals surface area contributed by atoms with Gasteiger partial charge < -0.3 is 9.30 Å². The van der Waals surface area contributed by atoms with Gasteiger partial charge in [0.15, 0.2) is 5.78 Å². The van der Waals surface area contributed by atoms with E-state index in [0.717, 1.165) is 11.0 Å². The van der Waals surface area contributed by atoms with Crippen molar-refractivity contribution in [1.82, 2.24) is 9.13 Å². The summed E-state index contributed by atoms with van der Waals surface area (Å²) >= 11 is 0. The van der Waals surface area contributed by atoms with E-state index in [4.69, 9.17) is 4.74 Å². The van der Waals surface area contributed by atoms with Crippen molar-refractivity contribution in [3.8, 4) is 0 Å². The largest absolute Gasteiger partial charge is 0.377 e. The van der Waals surface area contributed by atoms with Crippen molar-refractivity contribution >= 4 is 5.78 Å². The van der Waals surface area contributed by atoms with Gasteiger partial charge in [0.25, 0.3) is 5.56 Å². The van der Waals surface area contributed by atoms with Gasteiger partial charge >= 0.3 is 5.69 Å². The molecule has 1 saturated heterocycles. The fourth-order valence-electron chi connectivity index (χ4n) is 2.53. The Morgan fingerprint density at radius 2 is 2.11 bits per heavy atom. The molecule has 6 nitrogen and oxygen atoms in total. The SMILES string of the molecule is CCC1OCCC1C(=O)c1cn(C)c(=O)n(C)c1=O. The van der Waals surface area contributed by atoms with Gasteiger partial charge in [0.2, 0.25) is 0 Å². The molecule has 0 bridgehead atoms. The molecule has 19 heavy (non-hydrogen) atoms. The summed E-state index contributed by atoms with van der Waals surface area (Å²) in [4.78, 5) is 36.1. The molecule has 0 aliphatic carbocycles. The van der Waals surface area contributed by atoms with Gasteiger partial charge in [0.1, 0.15) is 0 Å². The van der Waals surface area contributed by atoms with E-state index in [0.29, 0.717) is 13.0 Å². The Hall–Kier alpha value is -1.69. The highest BCUT2D eigenvalue weighted by Crippen LogP contribution is 2.25. The Morgan fingerprint density at radius 3 is 2.74 bits per heavy atom. The van der Waals surface area contributed by atoms with E-state index >= 15 is 0 Å². The van der Waals surface area contributed by atoms with Crippen LogP contribution in [0.3, 0.4) is 0 Å². The average molecular weight is 266 g/mol. The molecule has 1 aromatic rings. The summed E-state index contributed by atoms with van der Waals surface area (Å²) in [6, 6.07) is 0. The number of hydrogen-bond donors (Lipinski definition) is 0. The zero-order valence-corrected chi connectivity index (χ0v) is 11.4. The molecule has 2 heterocycles. The summed E-state index contributed by atoms with van der Waals surface area (Å²) in [6.07, 6.45) is 2.57.